The van der Waals surface area contributed by atoms with Gasteiger partial charge in [-0.2, -0.15) is 11.8 Å². The second-order valence-electron chi connectivity index (χ2n) is 4.42. The molecule has 1 aromatic carbocycles. The van der Waals surface area contributed by atoms with Gasteiger partial charge in [-0.05, 0) is 30.7 Å². The van der Waals surface area contributed by atoms with Crippen LogP contribution in [0.1, 0.15) is 45.2 Å². The summed E-state index contributed by atoms with van der Waals surface area (Å²) < 4.78 is 0. The van der Waals surface area contributed by atoms with Gasteiger partial charge in [0.1, 0.15) is 0 Å². The summed E-state index contributed by atoms with van der Waals surface area (Å²) >= 11 is 2.07. The van der Waals surface area contributed by atoms with E-state index in [9.17, 15) is 0 Å². The van der Waals surface area contributed by atoms with Crippen LogP contribution in [0.4, 0.5) is 0 Å². The van der Waals surface area contributed by atoms with Crippen LogP contribution in [-0.2, 0) is 0 Å². The Morgan fingerprint density at radius 2 is 1.82 bits per heavy atom. The smallest absolute Gasteiger partial charge is 0.0437 e. The number of benzene rings is 1. The summed E-state index contributed by atoms with van der Waals surface area (Å²) in [6.45, 7) is 7.90. The largest absolute Gasteiger partial charge is 0.309 e. The number of rotatable bonds is 8. The van der Waals surface area contributed by atoms with Crippen LogP contribution in [0, 0.1) is 0 Å². The molecule has 2 atom stereocenters. The Balaban J connectivity index is 2.66. The van der Waals surface area contributed by atoms with Crippen molar-refractivity contribution < 1.29 is 0 Å². The molecule has 0 spiro atoms. The maximum absolute atomic E-state index is 3.67. The van der Waals surface area contributed by atoms with Gasteiger partial charge in [0.05, 0.1) is 0 Å². The number of hydrogen-bond acceptors (Lipinski definition) is 2. The minimum absolute atomic E-state index is 0.479. The van der Waals surface area contributed by atoms with Crippen LogP contribution in [0.2, 0.25) is 0 Å². The molecule has 1 nitrogen and oxygen atoms in total. The molecule has 0 aliphatic heterocycles. The molecule has 2 unspecified atom stereocenters. The van der Waals surface area contributed by atoms with Crippen LogP contribution in [0.3, 0.4) is 0 Å². The van der Waals surface area contributed by atoms with Gasteiger partial charge in [-0.15, -0.1) is 0 Å². The lowest BCUT2D eigenvalue weighted by atomic mass is 10.0. The fraction of sp³-hybridized carbons (Fsp3) is 0.600. The molecule has 0 heterocycles. The first kappa shape index (κ1) is 14.6. The Bertz CT molecular complexity index is 286. The number of hydrogen-bond donors (Lipinski definition) is 1. The molecule has 0 saturated heterocycles. The third-order valence-electron chi connectivity index (χ3n) is 2.83. The first-order valence-electron chi connectivity index (χ1n) is 6.69. The van der Waals surface area contributed by atoms with Gasteiger partial charge in [-0.3, -0.25) is 0 Å². The lowest BCUT2D eigenvalue weighted by Gasteiger charge is -2.25. The van der Waals surface area contributed by atoms with E-state index in [4.69, 9.17) is 0 Å². The zero-order valence-corrected chi connectivity index (χ0v) is 12.1. The van der Waals surface area contributed by atoms with Crippen molar-refractivity contribution in [3.05, 3.63) is 35.9 Å². The van der Waals surface area contributed by atoms with E-state index in [-0.39, 0.29) is 0 Å². The van der Waals surface area contributed by atoms with Gasteiger partial charge >= 0.3 is 0 Å². The summed E-state index contributed by atoms with van der Waals surface area (Å²) in [5.41, 5.74) is 1.41. The number of thioether (sulfide) groups is 1. The average molecular weight is 251 g/mol. The summed E-state index contributed by atoms with van der Waals surface area (Å²) in [7, 11) is 0. The molecule has 17 heavy (non-hydrogen) atoms. The minimum Gasteiger partial charge on any atom is -0.309 e. The Hall–Kier alpha value is -0.470. The maximum Gasteiger partial charge on any atom is 0.0437 e. The van der Waals surface area contributed by atoms with Gasteiger partial charge in [0.25, 0.3) is 0 Å². The molecule has 2 heteroatoms. The summed E-state index contributed by atoms with van der Waals surface area (Å²) in [6, 6.07) is 11.3. The Morgan fingerprint density at radius 1 is 1.12 bits per heavy atom. The van der Waals surface area contributed by atoms with Gasteiger partial charge in [-0.1, -0.05) is 51.1 Å². The van der Waals surface area contributed by atoms with Gasteiger partial charge < -0.3 is 5.32 Å². The quantitative estimate of drug-likeness (QED) is 0.741. The predicted molar refractivity (Wildman–Crippen MR) is 79.7 cm³/mol. The van der Waals surface area contributed by atoms with Gasteiger partial charge in [-0.25, -0.2) is 0 Å². The van der Waals surface area contributed by atoms with Crippen molar-refractivity contribution in [3.63, 3.8) is 0 Å². The molecule has 1 N–H and O–H groups in total. The normalized spacial score (nSPS) is 14.5. The van der Waals surface area contributed by atoms with Crippen LogP contribution in [0.15, 0.2) is 30.3 Å². The second-order valence-corrected chi connectivity index (χ2v) is 5.90. The lowest BCUT2D eigenvalue weighted by molar-refractivity contribution is 0.528. The Kier molecular flexibility index (Phi) is 7.38. The van der Waals surface area contributed by atoms with E-state index in [0.29, 0.717) is 11.3 Å². The topological polar surface area (TPSA) is 12.0 Å². The van der Waals surface area contributed by atoms with Gasteiger partial charge in [0.2, 0.25) is 0 Å². The summed E-state index contributed by atoms with van der Waals surface area (Å²) in [4.78, 5) is 0. The monoisotopic (exact) mass is 251 g/mol. The van der Waals surface area contributed by atoms with E-state index in [2.05, 4.69) is 68.2 Å². The predicted octanol–water partition coefficient (Wildman–Crippen LogP) is 4.26. The number of nitrogens with one attached hydrogen (secondary N) is 1. The van der Waals surface area contributed by atoms with Crippen LogP contribution in [-0.4, -0.2) is 17.5 Å². The van der Waals surface area contributed by atoms with Crippen LogP contribution in [0.25, 0.3) is 0 Å². The fourth-order valence-electron chi connectivity index (χ4n) is 1.92. The molecule has 0 fully saturated rings. The molecule has 0 bridgehead atoms. The van der Waals surface area contributed by atoms with Crippen molar-refractivity contribution >= 4 is 11.8 Å². The Morgan fingerprint density at radius 3 is 2.41 bits per heavy atom. The molecule has 96 valence electrons. The van der Waals surface area contributed by atoms with Crippen molar-refractivity contribution in [2.24, 2.45) is 0 Å². The highest BCUT2D eigenvalue weighted by Crippen LogP contribution is 2.26. The summed E-state index contributed by atoms with van der Waals surface area (Å²) in [5.74, 6) is 1.25. The molecule has 1 aromatic rings. The van der Waals surface area contributed by atoms with Crippen molar-refractivity contribution in [2.75, 3.05) is 12.3 Å². The van der Waals surface area contributed by atoms with E-state index < -0.39 is 0 Å². The molecule has 0 saturated carbocycles. The molecular weight excluding hydrogens is 226 g/mol. The second kappa shape index (κ2) is 8.60. The van der Waals surface area contributed by atoms with Gasteiger partial charge in [0.15, 0.2) is 0 Å². The zero-order valence-electron chi connectivity index (χ0n) is 11.3. The highest BCUT2D eigenvalue weighted by atomic mass is 32.2. The van der Waals surface area contributed by atoms with Crippen molar-refractivity contribution in [1.29, 1.82) is 0 Å². The van der Waals surface area contributed by atoms with E-state index in [0.717, 1.165) is 6.54 Å². The van der Waals surface area contributed by atoms with Crippen molar-refractivity contribution in [2.45, 2.75) is 44.9 Å². The average Bonchev–Trinajstić information content (AvgIpc) is 2.38. The summed E-state index contributed by atoms with van der Waals surface area (Å²) in [5, 5.41) is 4.30. The van der Waals surface area contributed by atoms with Crippen LogP contribution >= 0.6 is 11.8 Å². The first-order chi connectivity index (χ1) is 8.29. The van der Waals surface area contributed by atoms with E-state index in [1.54, 1.807) is 0 Å². The molecule has 0 amide bonds. The van der Waals surface area contributed by atoms with Crippen LogP contribution < -0.4 is 5.32 Å². The highest BCUT2D eigenvalue weighted by Gasteiger charge is 2.18. The van der Waals surface area contributed by atoms with Crippen molar-refractivity contribution in [1.82, 2.24) is 5.32 Å². The molecule has 1 rings (SSSR count). The maximum atomic E-state index is 3.67. The lowest BCUT2D eigenvalue weighted by Crippen LogP contribution is -2.29. The van der Waals surface area contributed by atoms with E-state index in [1.807, 2.05) is 0 Å². The first-order valence-corrected chi connectivity index (χ1v) is 7.74. The third-order valence-corrected chi connectivity index (χ3v) is 4.27. The molecular formula is C15H25NS. The van der Waals surface area contributed by atoms with Crippen molar-refractivity contribution in [3.8, 4) is 0 Å². The van der Waals surface area contributed by atoms with Gasteiger partial charge in [0, 0.05) is 11.3 Å². The van der Waals surface area contributed by atoms with Crippen LogP contribution in [0.5, 0.6) is 0 Å². The zero-order chi connectivity index (χ0) is 12.5. The fourth-order valence-corrected chi connectivity index (χ4v) is 2.97. The van der Waals surface area contributed by atoms with E-state index >= 15 is 0 Å². The molecule has 0 aromatic heterocycles. The molecule has 0 aliphatic rings. The Labute approximate surface area is 110 Å². The SMILES string of the molecule is CCCNC(c1ccccc1)C(C)SCCC. The minimum atomic E-state index is 0.479. The van der Waals surface area contributed by atoms with E-state index in [1.165, 1.54) is 24.2 Å². The standard InChI is InChI=1S/C15H25NS/c1-4-11-16-15(13(3)17-12-5-2)14-9-7-6-8-10-14/h6-10,13,15-16H,4-5,11-12H2,1-3H3. The molecule has 0 radical (unpaired) electrons. The third kappa shape index (κ3) is 5.13. The highest BCUT2D eigenvalue weighted by molar-refractivity contribution is 7.99. The molecule has 0 aliphatic carbocycles. The summed E-state index contributed by atoms with van der Waals surface area (Å²) in [6.07, 6.45) is 2.44.